The van der Waals surface area contributed by atoms with E-state index in [-0.39, 0.29) is 6.04 Å². The summed E-state index contributed by atoms with van der Waals surface area (Å²) in [7, 11) is 1.74. The molecule has 0 saturated carbocycles. The van der Waals surface area contributed by atoms with E-state index in [0.717, 1.165) is 12.2 Å². The maximum absolute atomic E-state index is 5.88. The third-order valence-corrected chi connectivity index (χ3v) is 2.94. The highest BCUT2D eigenvalue weighted by molar-refractivity contribution is 5.47. The standard InChI is InChI=1S/C12H17NO/c1-8(13)10-6-9-4-3-5-11(9)12(7-10)14-2/h6-8H,3-5,13H2,1-2H3/t8-/m1/s1. The van der Waals surface area contributed by atoms with Crippen molar-refractivity contribution in [1.29, 1.82) is 0 Å². The van der Waals surface area contributed by atoms with Gasteiger partial charge in [0.15, 0.2) is 0 Å². The van der Waals surface area contributed by atoms with E-state index in [4.69, 9.17) is 10.5 Å². The quantitative estimate of drug-likeness (QED) is 0.777. The summed E-state index contributed by atoms with van der Waals surface area (Å²) in [5.41, 5.74) is 9.87. The summed E-state index contributed by atoms with van der Waals surface area (Å²) in [6.07, 6.45) is 3.57. The molecule has 0 amide bonds. The van der Waals surface area contributed by atoms with Gasteiger partial charge in [0.05, 0.1) is 7.11 Å². The molecule has 1 aliphatic rings. The molecule has 2 heteroatoms. The van der Waals surface area contributed by atoms with E-state index in [2.05, 4.69) is 12.1 Å². The Labute approximate surface area is 85.1 Å². The first-order valence-corrected chi connectivity index (χ1v) is 5.17. The summed E-state index contributed by atoms with van der Waals surface area (Å²) in [5, 5.41) is 0. The van der Waals surface area contributed by atoms with Crippen LogP contribution < -0.4 is 10.5 Å². The number of rotatable bonds is 2. The predicted molar refractivity (Wildman–Crippen MR) is 57.6 cm³/mol. The van der Waals surface area contributed by atoms with E-state index in [1.165, 1.54) is 29.5 Å². The Morgan fingerprint density at radius 3 is 2.79 bits per heavy atom. The van der Waals surface area contributed by atoms with Crippen molar-refractivity contribution >= 4 is 0 Å². The van der Waals surface area contributed by atoms with Gasteiger partial charge in [-0.3, -0.25) is 0 Å². The lowest BCUT2D eigenvalue weighted by Gasteiger charge is -2.12. The van der Waals surface area contributed by atoms with Crippen LogP contribution in [0.4, 0.5) is 0 Å². The Morgan fingerprint density at radius 1 is 1.36 bits per heavy atom. The SMILES string of the molecule is COc1cc([C@@H](C)N)cc2c1CCC2. The predicted octanol–water partition coefficient (Wildman–Crippen LogP) is 2.20. The maximum Gasteiger partial charge on any atom is 0.122 e. The van der Waals surface area contributed by atoms with Crippen LogP contribution in [0.1, 0.15) is 36.1 Å². The molecule has 2 rings (SSSR count). The van der Waals surface area contributed by atoms with Gasteiger partial charge in [0.2, 0.25) is 0 Å². The molecule has 14 heavy (non-hydrogen) atoms. The normalized spacial score (nSPS) is 16.5. The van der Waals surface area contributed by atoms with Crippen LogP contribution in [0.15, 0.2) is 12.1 Å². The van der Waals surface area contributed by atoms with Crippen molar-refractivity contribution in [2.45, 2.75) is 32.2 Å². The summed E-state index contributed by atoms with van der Waals surface area (Å²) in [6.45, 7) is 2.01. The fraction of sp³-hybridized carbons (Fsp3) is 0.500. The Bertz CT molecular complexity index is 344. The minimum Gasteiger partial charge on any atom is -0.496 e. The Balaban J connectivity index is 2.49. The molecule has 0 unspecified atom stereocenters. The lowest BCUT2D eigenvalue weighted by molar-refractivity contribution is 0.409. The summed E-state index contributed by atoms with van der Waals surface area (Å²) >= 11 is 0. The number of methoxy groups -OCH3 is 1. The first-order chi connectivity index (χ1) is 6.72. The van der Waals surface area contributed by atoms with Crippen molar-refractivity contribution in [2.24, 2.45) is 5.73 Å². The van der Waals surface area contributed by atoms with Crippen molar-refractivity contribution in [1.82, 2.24) is 0 Å². The van der Waals surface area contributed by atoms with Crippen LogP contribution in [0.3, 0.4) is 0 Å². The minimum atomic E-state index is 0.0924. The van der Waals surface area contributed by atoms with E-state index in [0.29, 0.717) is 0 Å². The topological polar surface area (TPSA) is 35.2 Å². The van der Waals surface area contributed by atoms with Crippen LogP contribution in [-0.4, -0.2) is 7.11 Å². The molecule has 0 bridgehead atoms. The van der Waals surface area contributed by atoms with Crippen molar-refractivity contribution in [3.8, 4) is 5.75 Å². The largest absolute Gasteiger partial charge is 0.496 e. The van der Waals surface area contributed by atoms with Crippen molar-refractivity contribution in [3.05, 3.63) is 28.8 Å². The third-order valence-electron chi connectivity index (χ3n) is 2.94. The highest BCUT2D eigenvalue weighted by Crippen LogP contribution is 2.33. The molecule has 1 atom stereocenters. The molecule has 0 spiro atoms. The fourth-order valence-electron chi connectivity index (χ4n) is 2.13. The third kappa shape index (κ3) is 1.50. The molecule has 76 valence electrons. The van der Waals surface area contributed by atoms with E-state index in [1.54, 1.807) is 7.11 Å². The summed E-state index contributed by atoms with van der Waals surface area (Å²) in [6, 6.07) is 4.40. The molecule has 0 saturated heterocycles. The van der Waals surface area contributed by atoms with Crippen molar-refractivity contribution in [2.75, 3.05) is 7.11 Å². The number of ether oxygens (including phenoxy) is 1. The van der Waals surface area contributed by atoms with Crippen LogP contribution in [0.25, 0.3) is 0 Å². The number of aryl methyl sites for hydroxylation is 1. The van der Waals surface area contributed by atoms with Crippen LogP contribution in [0, 0.1) is 0 Å². The lowest BCUT2D eigenvalue weighted by Crippen LogP contribution is -2.06. The molecule has 0 fully saturated rings. The second-order valence-electron chi connectivity index (χ2n) is 4.00. The maximum atomic E-state index is 5.88. The van der Waals surface area contributed by atoms with E-state index >= 15 is 0 Å². The zero-order valence-corrected chi connectivity index (χ0v) is 8.84. The fourth-order valence-corrected chi connectivity index (χ4v) is 2.13. The van der Waals surface area contributed by atoms with Gasteiger partial charge in [-0.05, 0) is 48.9 Å². The van der Waals surface area contributed by atoms with Crippen LogP contribution >= 0.6 is 0 Å². The molecule has 0 aromatic heterocycles. The molecule has 2 nitrogen and oxygen atoms in total. The Kier molecular flexibility index (Phi) is 2.46. The Hall–Kier alpha value is -1.02. The minimum absolute atomic E-state index is 0.0924. The average molecular weight is 191 g/mol. The van der Waals surface area contributed by atoms with Crippen molar-refractivity contribution < 1.29 is 4.74 Å². The van der Waals surface area contributed by atoms with Gasteiger partial charge in [-0.1, -0.05) is 6.07 Å². The van der Waals surface area contributed by atoms with Gasteiger partial charge in [-0.15, -0.1) is 0 Å². The molecule has 0 heterocycles. The molecule has 0 radical (unpaired) electrons. The number of benzene rings is 1. The number of hydrogen-bond donors (Lipinski definition) is 1. The van der Waals surface area contributed by atoms with Gasteiger partial charge in [0.25, 0.3) is 0 Å². The molecule has 0 aliphatic heterocycles. The molecule has 2 N–H and O–H groups in total. The lowest BCUT2D eigenvalue weighted by atomic mass is 10.0. The highest BCUT2D eigenvalue weighted by Gasteiger charge is 2.17. The van der Waals surface area contributed by atoms with Gasteiger partial charge < -0.3 is 10.5 Å². The molecular weight excluding hydrogens is 174 g/mol. The summed E-state index contributed by atoms with van der Waals surface area (Å²) < 4.78 is 5.39. The van der Waals surface area contributed by atoms with Gasteiger partial charge in [-0.25, -0.2) is 0 Å². The zero-order valence-electron chi connectivity index (χ0n) is 8.84. The van der Waals surface area contributed by atoms with Gasteiger partial charge in [0, 0.05) is 6.04 Å². The second-order valence-corrected chi connectivity index (χ2v) is 4.00. The first kappa shape index (κ1) is 9.53. The summed E-state index contributed by atoms with van der Waals surface area (Å²) in [5.74, 6) is 1.02. The van der Waals surface area contributed by atoms with E-state index in [9.17, 15) is 0 Å². The van der Waals surface area contributed by atoms with Gasteiger partial charge in [-0.2, -0.15) is 0 Å². The highest BCUT2D eigenvalue weighted by atomic mass is 16.5. The zero-order chi connectivity index (χ0) is 10.1. The van der Waals surface area contributed by atoms with Crippen molar-refractivity contribution in [3.63, 3.8) is 0 Å². The molecule has 1 aromatic rings. The second kappa shape index (κ2) is 3.62. The summed E-state index contributed by atoms with van der Waals surface area (Å²) in [4.78, 5) is 0. The van der Waals surface area contributed by atoms with Gasteiger partial charge >= 0.3 is 0 Å². The molecular formula is C12H17NO. The number of hydrogen-bond acceptors (Lipinski definition) is 2. The van der Waals surface area contributed by atoms with Crippen LogP contribution in [0.2, 0.25) is 0 Å². The molecule has 1 aliphatic carbocycles. The van der Waals surface area contributed by atoms with Crippen LogP contribution in [0.5, 0.6) is 5.75 Å². The number of nitrogens with two attached hydrogens (primary N) is 1. The van der Waals surface area contributed by atoms with E-state index < -0.39 is 0 Å². The number of fused-ring (bicyclic) bond motifs is 1. The smallest absolute Gasteiger partial charge is 0.122 e. The first-order valence-electron chi connectivity index (χ1n) is 5.17. The monoisotopic (exact) mass is 191 g/mol. The average Bonchev–Trinajstić information content (AvgIpc) is 2.63. The van der Waals surface area contributed by atoms with Gasteiger partial charge in [0.1, 0.15) is 5.75 Å². The Morgan fingerprint density at radius 2 is 2.14 bits per heavy atom. The van der Waals surface area contributed by atoms with Crippen LogP contribution in [-0.2, 0) is 12.8 Å². The molecule has 1 aromatic carbocycles. The van der Waals surface area contributed by atoms with E-state index in [1.807, 2.05) is 6.92 Å².